The van der Waals surface area contributed by atoms with Gasteiger partial charge in [-0.25, -0.2) is 4.98 Å². The molecule has 1 heterocycles. The molecule has 1 aliphatic rings. The Hall–Kier alpha value is -0.900. The van der Waals surface area contributed by atoms with Gasteiger partial charge in [0.1, 0.15) is 0 Å². The second-order valence-electron chi connectivity index (χ2n) is 4.04. The number of thiazole rings is 1. The van der Waals surface area contributed by atoms with E-state index in [2.05, 4.69) is 11.9 Å². The summed E-state index contributed by atoms with van der Waals surface area (Å²) >= 11 is 1.76. The summed E-state index contributed by atoms with van der Waals surface area (Å²) < 4.78 is 0. The van der Waals surface area contributed by atoms with E-state index in [4.69, 9.17) is 5.11 Å². The van der Waals surface area contributed by atoms with Crippen LogP contribution in [-0.4, -0.2) is 16.1 Å². The van der Waals surface area contributed by atoms with Gasteiger partial charge < -0.3 is 5.11 Å². The number of rotatable bonds is 3. The first kappa shape index (κ1) is 10.6. The van der Waals surface area contributed by atoms with Crippen LogP contribution < -0.4 is 0 Å². The fourth-order valence-corrected chi connectivity index (χ4v) is 3.24. The van der Waals surface area contributed by atoms with Crippen molar-refractivity contribution in [1.29, 1.82) is 0 Å². The molecule has 0 saturated heterocycles. The van der Waals surface area contributed by atoms with Gasteiger partial charge in [-0.15, -0.1) is 11.3 Å². The van der Waals surface area contributed by atoms with Crippen molar-refractivity contribution in [2.24, 2.45) is 5.92 Å². The molecule has 1 N–H and O–H groups in total. The quantitative estimate of drug-likeness (QED) is 0.858. The molecule has 0 spiro atoms. The number of aryl methyl sites for hydroxylation is 2. The van der Waals surface area contributed by atoms with Crippen LogP contribution >= 0.6 is 11.3 Å². The molecule has 0 fully saturated rings. The van der Waals surface area contributed by atoms with Gasteiger partial charge in [-0.1, -0.05) is 6.92 Å². The van der Waals surface area contributed by atoms with Crippen molar-refractivity contribution in [2.75, 3.05) is 0 Å². The third-order valence-corrected chi connectivity index (χ3v) is 4.12. The minimum Gasteiger partial charge on any atom is -0.481 e. The van der Waals surface area contributed by atoms with Crippen LogP contribution in [0.25, 0.3) is 0 Å². The Morgan fingerprint density at radius 2 is 2.47 bits per heavy atom. The third kappa shape index (κ3) is 2.37. The van der Waals surface area contributed by atoms with E-state index >= 15 is 0 Å². The molecule has 1 aromatic rings. The molecule has 0 aliphatic heterocycles. The van der Waals surface area contributed by atoms with E-state index in [0.717, 1.165) is 25.7 Å². The van der Waals surface area contributed by atoms with Crippen molar-refractivity contribution >= 4 is 17.3 Å². The SMILES string of the molecule is CCc1nc2c(s1)CC(CC(=O)O)CC2. The maximum Gasteiger partial charge on any atom is 0.303 e. The first-order valence-electron chi connectivity index (χ1n) is 5.38. The number of carboxylic acid groups (broad SMARTS) is 1. The lowest BCUT2D eigenvalue weighted by molar-refractivity contribution is -0.138. The highest BCUT2D eigenvalue weighted by Crippen LogP contribution is 2.31. The van der Waals surface area contributed by atoms with E-state index in [9.17, 15) is 4.79 Å². The Morgan fingerprint density at radius 3 is 3.13 bits per heavy atom. The lowest BCUT2D eigenvalue weighted by atomic mass is 9.89. The zero-order valence-electron chi connectivity index (χ0n) is 8.82. The van der Waals surface area contributed by atoms with Gasteiger partial charge in [0.2, 0.25) is 0 Å². The number of carbonyl (C=O) groups is 1. The maximum absolute atomic E-state index is 10.6. The summed E-state index contributed by atoms with van der Waals surface area (Å²) in [4.78, 5) is 16.5. The van der Waals surface area contributed by atoms with E-state index in [-0.39, 0.29) is 0 Å². The molecule has 1 aromatic heterocycles. The van der Waals surface area contributed by atoms with Gasteiger partial charge in [-0.3, -0.25) is 4.79 Å². The van der Waals surface area contributed by atoms with Crippen molar-refractivity contribution in [1.82, 2.24) is 4.98 Å². The van der Waals surface area contributed by atoms with Gasteiger partial charge in [0.05, 0.1) is 10.7 Å². The molecular weight excluding hydrogens is 210 g/mol. The Kier molecular flexibility index (Phi) is 3.05. The van der Waals surface area contributed by atoms with Crippen molar-refractivity contribution < 1.29 is 9.90 Å². The lowest BCUT2D eigenvalue weighted by Gasteiger charge is -2.18. The molecule has 82 valence electrons. The van der Waals surface area contributed by atoms with E-state index in [1.165, 1.54) is 15.6 Å². The Labute approximate surface area is 93.2 Å². The van der Waals surface area contributed by atoms with Crippen LogP contribution in [0.3, 0.4) is 0 Å². The first-order valence-corrected chi connectivity index (χ1v) is 6.20. The molecule has 1 unspecified atom stereocenters. The molecule has 1 atom stereocenters. The predicted octanol–water partition coefficient (Wildman–Crippen LogP) is 2.29. The highest BCUT2D eigenvalue weighted by molar-refractivity contribution is 7.11. The number of aliphatic carboxylic acids is 1. The van der Waals surface area contributed by atoms with Crippen LogP contribution in [-0.2, 0) is 24.1 Å². The molecule has 0 radical (unpaired) electrons. The number of nitrogens with zero attached hydrogens (tertiary/aromatic N) is 1. The molecule has 0 bridgehead atoms. The number of aromatic nitrogens is 1. The van der Waals surface area contributed by atoms with Gasteiger partial charge in [-0.05, 0) is 31.6 Å². The van der Waals surface area contributed by atoms with Crippen molar-refractivity contribution in [2.45, 2.75) is 39.0 Å². The largest absolute Gasteiger partial charge is 0.481 e. The van der Waals surface area contributed by atoms with Crippen molar-refractivity contribution in [3.05, 3.63) is 15.6 Å². The molecule has 0 amide bonds. The fraction of sp³-hybridized carbons (Fsp3) is 0.636. The summed E-state index contributed by atoms with van der Waals surface area (Å²) in [5.74, 6) is -0.358. The summed E-state index contributed by atoms with van der Waals surface area (Å²) in [5.41, 5.74) is 1.22. The zero-order chi connectivity index (χ0) is 10.8. The molecular formula is C11H15NO2S. The van der Waals surface area contributed by atoms with Gasteiger partial charge in [0.25, 0.3) is 0 Å². The normalized spacial score (nSPS) is 19.9. The van der Waals surface area contributed by atoms with E-state index < -0.39 is 5.97 Å². The van der Waals surface area contributed by atoms with E-state index in [0.29, 0.717) is 12.3 Å². The predicted molar refractivity (Wildman–Crippen MR) is 59.3 cm³/mol. The first-order chi connectivity index (χ1) is 7.19. The molecule has 15 heavy (non-hydrogen) atoms. The average Bonchev–Trinajstić information content (AvgIpc) is 2.58. The number of hydrogen-bond donors (Lipinski definition) is 1. The molecule has 0 saturated carbocycles. The van der Waals surface area contributed by atoms with Crippen LogP contribution in [0.5, 0.6) is 0 Å². The van der Waals surface area contributed by atoms with Gasteiger partial charge in [0.15, 0.2) is 0 Å². The highest BCUT2D eigenvalue weighted by Gasteiger charge is 2.23. The molecule has 2 rings (SSSR count). The van der Waals surface area contributed by atoms with Crippen molar-refractivity contribution in [3.63, 3.8) is 0 Å². The smallest absolute Gasteiger partial charge is 0.303 e. The summed E-state index contributed by atoms with van der Waals surface area (Å²) in [6, 6.07) is 0. The zero-order valence-corrected chi connectivity index (χ0v) is 9.64. The van der Waals surface area contributed by atoms with E-state index in [1.807, 2.05) is 0 Å². The monoisotopic (exact) mass is 225 g/mol. The molecule has 1 aliphatic carbocycles. The van der Waals surface area contributed by atoms with Gasteiger partial charge >= 0.3 is 5.97 Å². The minimum atomic E-state index is -0.677. The average molecular weight is 225 g/mol. The summed E-state index contributed by atoms with van der Waals surface area (Å²) in [5, 5.41) is 9.94. The van der Waals surface area contributed by atoms with Crippen LogP contribution in [0.2, 0.25) is 0 Å². The maximum atomic E-state index is 10.6. The summed E-state index contributed by atoms with van der Waals surface area (Å²) in [7, 11) is 0. The highest BCUT2D eigenvalue weighted by atomic mass is 32.1. The molecule has 4 heteroatoms. The Morgan fingerprint density at radius 1 is 1.67 bits per heavy atom. The standard InChI is InChI=1S/C11H15NO2S/c1-2-10-12-8-4-3-7(6-11(13)14)5-9(8)15-10/h7H,2-6H2,1H3,(H,13,14). The van der Waals surface area contributed by atoms with E-state index in [1.54, 1.807) is 11.3 Å². The van der Waals surface area contributed by atoms with Gasteiger partial charge in [0, 0.05) is 11.3 Å². The fourth-order valence-electron chi connectivity index (χ4n) is 2.07. The number of fused-ring (bicyclic) bond motifs is 1. The van der Waals surface area contributed by atoms with Crippen LogP contribution in [0.1, 0.15) is 35.3 Å². The number of hydrogen-bond acceptors (Lipinski definition) is 3. The van der Waals surface area contributed by atoms with Crippen LogP contribution in [0, 0.1) is 5.92 Å². The van der Waals surface area contributed by atoms with Crippen LogP contribution in [0.15, 0.2) is 0 Å². The van der Waals surface area contributed by atoms with Crippen molar-refractivity contribution in [3.8, 4) is 0 Å². The summed E-state index contributed by atoms with van der Waals surface area (Å²) in [6.07, 6.45) is 4.15. The number of carboxylic acids is 1. The molecule has 3 nitrogen and oxygen atoms in total. The minimum absolute atomic E-state index is 0.304. The lowest BCUT2D eigenvalue weighted by Crippen LogP contribution is -2.16. The summed E-state index contributed by atoms with van der Waals surface area (Å²) in [6.45, 7) is 2.11. The second-order valence-corrected chi connectivity index (χ2v) is 5.21. The topological polar surface area (TPSA) is 50.2 Å². The van der Waals surface area contributed by atoms with Crippen LogP contribution in [0.4, 0.5) is 0 Å². The Balaban J connectivity index is 2.08. The Bertz CT molecular complexity index is 373. The second kappa shape index (κ2) is 4.31. The molecule has 0 aromatic carbocycles. The van der Waals surface area contributed by atoms with Gasteiger partial charge in [-0.2, -0.15) is 0 Å². The third-order valence-electron chi connectivity index (χ3n) is 2.85.